The van der Waals surface area contributed by atoms with Gasteiger partial charge in [0, 0.05) is 32.7 Å². The molecule has 0 bridgehead atoms. The Bertz CT molecular complexity index is 1840. The van der Waals surface area contributed by atoms with E-state index in [1.165, 1.54) is 23.0 Å². The molecule has 0 radical (unpaired) electrons. The molecule has 1 atom stereocenters. The first-order valence-corrected chi connectivity index (χ1v) is 17.1. The highest BCUT2D eigenvalue weighted by Gasteiger charge is 2.49. The van der Waals surface area contributed by atoms with E-state index in [0.717, 1.165) is 74.5 Å². The first-order valence-electron chi connectivity index (χ1n) is 17.1. The van der Waals surface area contributed by atoms with Gasteiger partial charge in [0.1, 0.15) is 5.82 Å². The summed E-state index contributed by atoms with van der Waals surface area (Å²) in [4.78, 5) is 53.0. The van der Waals surface area contributed by atoms with Gasteiger partial charge in [-0.3, -0.25) is 9.59 Å². The molecule has 258 valence electrons. The molecule has 2 aromatic carbocycles. The summed E-state index contributed by atoms with van der Waals surface area (Å²) in [5.74, 6) is -0.171. The maximum absolute atomic E-state index is 13.6. The summed E-state index contributed by atoms with van der Waals surface area (Å²) < 4.78 is 39.7. The third kappa shape index (κ3) is 6.62. The highest BCUT2D eigenvalue weighted by Crippen LogP contribution is 2.52. The Kier molecular flexibility index (Phi) is 8.85. The SMILES string of the molecule is O=C(C(O)c1cccc(C(F)(F)F)c1)N1CCCc2nc(C3(c4cccc(C5=CCN(C(=O)N6CCCCC6)CC5)c4)CC3)[nH]c(=O)c2C1. The van der Waals surface area contributed by atoms with Crippen molar-refractivity contribution in [1.29, 1.82) is 0 Å². The minimum atomic E-state index is -4.61. The Morgan fingerprint density at radius 3 is 2.37 bits per heavy atom. The number of fused-ring (bicyclic) bond motifs is 1. The zero-order chi connectivity index (χ0) is 34.3. The highest BCUT2D eigenvalue weighted by molar-refractivity contribution is 5.82. The molecule has 1 aliphatic carbocycles. The number of alkyl halides is 3. The van der Waals surface area contributed by atoms with Crippen molar-refractivity contribution in [2.24, 2.45) is 0 Å². The van der Waals surface area contributed by atoms with Crippen LogP contribution in [0.4, 0.5) is 18.0 Å². The fourth-order valence-electron chi connectivity index (χ4n) is 7.43. The molecule has 4 heterocycles. The smallest absolute Gasteiger partial charge is 0.378 e. The average Bonchev–Trinajstić information content (AvgIpc) is 3.96. The van der Waals surface area contributed by atoms with Crippen LogP contribution in [0.5, 0.6) is 0 Å². The highest BCUT2D eigenvalue weighted by atomic mass is 19.4. The van der Waals surface area contributed by atoms with Crippen molar-refractivity contribution >= 4 is 17.5 Å². The number of amides is 3. The molecule has 2 N–H and O–H groups in total. The van der Waals surface area contributed by atoms with E-state index in [4.69, 9.17) is 4.98 Å². The van der Waals surface area contributed by atoms with Crippen LogP contribution in [0.3, 0.4) is 0 Å². The first kappa shape index (κ1) is 33.1. The minimum absolute atomic E-state index is 0.0965. The Labute approximate surface area is 282 Å². The number of likely N-dealkylation sites (tertiary alicyclic amines) is 1. The first-order chi connectivity index (χ1) is 23.5. The molecule has 0 spiro atoms. The molecule has 1 saturated carbocycles. The van der Waals surface area contributed by atoms with Crippen LogP contribution in [-0.4, -0.2) is 74.4 Å². The second-order valence-electron chi connectivity index (χ2n) is 13.6. The number of carbonyl (C=O) groups is 2. The van der Waals surface area contributed by atoms with Crippen LogP contribution in [0.1, 0.15) is 90.4 Å². The van der Waals surface area contributed by atoms with Gasteiger partial charge < -0.3 is 24.8 Å². The number of halogens is 3. The molecule has 2 fully saturated rings. The van der Waals surface area contributed by atoms with Gasteiger partial charge in [0.25, 0.3) is 11.5 Å². The van der Waals surface area contributed by atoms with Crippen LogP contribution in [0.2, 0.25) is 0 Å². The number of aliphatic hydroxyl groups is 1. The minimum Gasteiger partial charge on any atom is -0.378 e. The predicted molar refractivity (Wildman–Crippen MR) is 176 cm³/mol. The Morgan fingerprint density at radius 2 is 1.65 bits per heavy atom. The number of benzene rings is 2. The molecule has 3 aromatic rings. The lowest BCUT2D eigenvalue weighted by Crippen LogP contribution is -2.46. The standard InChI is InChI=1S/C37H40F3N5O4/c38-37(39,40)28-10-5-8-26(22-28)31(46)33(48)45-18-6-11-30-29(23-45)32(47)42-34(41-30)36(14-15-36)27-9-4-7-25(21-27)24-12-19-44(20-13-24)35(49)43-16-2-1-3-17-43/h4-5,7-10,12,21-22,31,46H,1-3,6,11,13-20,23H2,(H,41,42,47). The van der Waals surface area contributed by atoms with Gasteiger partial charge in [-0.25, -0.2) is 9.78 Å². The van der Waals surface area contributed by atoms with E-state index >= 15 is 0 Å². The third-order valence-corrected chi connectivity index (χ3v) is 10.5. The second-order valence-corrected chi connectivity index (χ2v) is 13.6. The molecule has 12 heteroatoms. The summed E-state index contributed by atoms with van der Waals surface area (Å²) in [6.45, 7) is 3.04. The van der Waals surface area contributed by atoms with E-state index in [2.05, 4.69) is 29.3 Å². The van der Waals surface area contributed by atoms with Gasteiger partial charge in [-0.2, -0.15) is 13.2 Å². The Hall–Kier alpha value is -4.45. The van der Waals surface area contributed by atoms with Gasteiger partial charge in [0.15, 0.2) is 6.10 Å². The molecule has 3 aliphatic heterocycles. The number of aromatic nitrogens is 2. The summed E-state index contributed by atoms with van der Waals surface area (Å²) in [6, 6.07) is 12.6. The van der Waals surface area contributed by atoms with Gasteiger partial charge in [-0.1, -0.05) is 42.5 Å². The van der Waals surface area contributed by atoms with E-state index in [1.807, 2.05) is 15.9 Å². The van der Waals surface area contributed by atoms with Crippen molar-refractivity contribution in [2.45, 2.75) is 75.6 Å². The van der Waals surface area contributed by atoms with E-state index < -0.39 is 29.2 Å². The summed E-state index contributed by atoms with van der Waals surface area (Å²) in [6.07, 6.45) is 2.39. The van der Waals surface area contributed by atoms with Crippen molar-refractivity contribution in [2.75, 3.05) is 32.7 Å². The van der Waals surface area contributed by atoms with Crippen LogP contribution in [0, 0.1) is 0 Å². The molecule has 9 nitrogen and oxygen atoms in total. The number of aliphatic hydroxyl groups excluding tert-OH is 1. The number of hydrogen-bond acceptors (Lipinski definition) is 5. The van der Waals surface area contributed by atoms with Crippen molar-refractivity contribution in [3.8, 4) is 0 Å². The summed E-state index contributed by atoms with van der Waals surface area (Å²) >= 11 is 0. The van der Waals surface area contributed by atoms with Gasteiger partial charge in [0.05, 0.1) is 28.8 Å². The van der Waals surface area contributed by atoms with E-state index in [1.54, 1.807) is 0 Å². The third-order valence-electron chi connectivity index (χ3n) is 10.5. The topological polar surface area (TPSA) is 110 Å². The van der Waals surface area contributed by atoms with E-state index in [-0.39, 0.29) is 30.2 Å². The number of urea groups is 1. The number of rotatable bonds is 5. The molecule has 49 heavy (non-hydrogen) atoms. The molecule has 1 aromatic heterocycles. The van der Waals surface area contributed by atoms with Gasteiger partial charge in [-0.05, 0) is 85.8 Å². The number of piperidine rings is 1. The zero-order valence-corrected chi connectivity index (χ0v) is 27.3. The zero-order valence-electron chi connectivity index (χ0n) is 27.3. The lowest BCUT2D eigenvalue weighted by Gasteiger charge is -2.34. The lowest BCUT2D eigenvalue weighted by atomic mass is 9.90. The largest absolute Gasteiger partial charge is 0.416 e. The fraction of sp³-hybridized carbons (Fsp3) is 0.459. The molecule has 4 aliphatic rings. The Balaban J connectivity index is 1.07. The number of H-pyrrole nitrogens is 1. The van der Waals surface area contributed by atoms with Crippen molar-refractivity contribution in [3.05, 3.63) is 104 Å². The molecule has 3 amide bonds. The van der Waals surface area contributed by atoms with Crippen LogP contribution < -0.4 is 5.56 Å². The number of nitrogens with one attached hydrogen (secondary N) is 1. The predicted octanol–water partition coefficient (Wildman–Crippen LogP) is 5.57. The number of aromatic amines is 1. The molecule has 1 saturated heterocycles. The van der Waals surface area contributed by atoms with Gasteiger partial charge in [-0.15, -0.1) is 0 Å². The normalized spacial score (nSPS) is 19.8. The van der Waals surface area contributed by atoms with Crippen LogP contribution in [0.15, 0.2) is 59.4 Å². The molecule has 1 unspecified atom stereocenters. The fourth-order valence-corrected chi connectivity index (χ4v) is 7.43. The van der Waals surface area contributed by atoms with Crippen LogP contribution >= 0.6 is 0 Å². The van der Waals surface area contributed by atoms with Crippen molar-refractivity contribution < 1.29 is 27.9 Å². The van der Waals surface area contributed by atoms with Crippen molar-refractivity contribution in [1.82, 2.24) is 24.7 Å². The lowest BCUT2D eigenvalue weighted by molar-refractivity contribution is -0.142. The van der Waals surface area contributed by atoms with Crippen molar-refractivity contribution in [3.63, 3.8) is 0 Å². The van der Waals surface area contributed by atoms with Crippen LogP contribution in [-0.2, 0) is 29.4 Å². The number of nitrogens with zero attached hydrogens (tertiary/aromatic N) is 4. The Morgan fingerprint density at radius 1 is 0.898 bits per heavy atom. The maximum atomic E-state index is 13.6. The quantitative estimate of drug-likeness (QED) is 0.368. The number of hydrogen-bond donors (Lipinski definition) is 2. The second kappa shape index (κ2) is 13.1. The van der Waals surface area contributed by atoms with Gasteiger partial charge >= 0.3 is 12.2 Å². The number of aryl methyl sites for hydroxylation is 1. The average molecular weight is 676 g/mol. The molecular weight excluding hydrogens is 635 g/mol. The maximum Gasteiger partial charge on any atom is 0.416 e. The van der Waals surface area contributed by atoms with Crippen LogP contribution in [0.25, 0.3) is 5.57 Å². The van der Waals surface area contributed by atoms with E-state index in [9.17, 15) is 32.7 Å². The monoisotopic (exact) mass is 675 g/mol. The van der Waals surface area contributed by atoms with E-state index in [0.29, 0.717) is 43.0 Å². The molecular formula is C37H40F3N5O4. The molecule has 7 rings (SSSR count). The summed E-state index contributed by atoms with van der Waals surface area (Å²) in [5, 5.41) is 10.8. The van der Waals surface area contributed by atoms with Gasteiger partial charge in [0.2, 0.25) is 0 Å². The number of carbonyl (C=O) groups excluding carboxylic acids is 2. The summed E-state index contributed by atoms with van der Waals surface area (Å²) in [7, 11) is 0. The summed E-state index contributed by atoms with van der Waals surface area (Å²) in [5.41, 5.74) is 2.38.